The number of carbonyl (C=O) groups is 1. The molecule has 0 aliphatic heterocycles. The van der Waals surface area contributed by atoms with Gasteiger partial charge in [-0.1, -0.05) is 0 Å². The molecule has 0 radical (unpaired) electrons. The van der Waals surface area contributed by atoms with Crippen LogP contribution in [-0.4, -0.2) is 60.7 Å². The van der Waals surface area contributed by atoms with Crippen molar-refractivity contribution in [2.24, 2.45) is 7.05 Å². The maximum Gasteiger partial charge on any atom is 0.222 e. The van der Waals surface area contributed by atoms with Crippen LogP contribution >= 0.6 is 0 Å². The fraction of sp³-hybridized carbons (Fsp3) is 0.300. The van der Waals surface area contributed by atoms with Gasteiger partial charge < -0.3 is 20.1 Å². The SMILES string of the molecule is COCCOc1cc(Nc2cc(NC(C)=O)ncc2-c2ccn(C)n2)nc(S(C)(=O)=O)c1. The van der Waals surface area contributed by atoms with E-state index in [0.29, 0.717) is 35.1 Å². The van der Waals surface area contributed by atoms with E-state index in [9.17, 15) is 13.2 Å². The van der Waals surface area contributed by atoms with Crippen LogP contribution < -0.4 is 15.4 Å². The number of aromatic nitrogens is 4. The number of pyridine rings is 2. The molecule has 3 aromatic heterocycles. The Hall–Kier alpha value is -3.51. The number of anilines is 3. The van der Waals surface area contributed by atoms with Gasteiger partial charge in [0.1, 0.15) is 24.0 Å². The van der Waals surface area contributed by atoms with Crippen LogP contribution in [-0.2, 0) is 26.4 Å². The molecule has 0 aromatic carbocycles. The third kappa shape index (κ3) is 6.02. The highest BCUT2D eigenvalue weighted by atomic mass is 32.2. The van der Waals surface area contributed by atoms with E-state index in [1.165, 1.54) is 13.0 Å². The first kappa shape index (κ1) is 23.2. The number of amides is 1. The molecule has 11 nitrogen and oxygen atoms in total. The minimum Gasteiger partial charge on any atom is -0.491 e. The first-order valence-corrected chi connectivity index (χ1v) is 11.4. The molecule has 3 rings (SSSR count). The molecule has 0 aliphatic rings. The van der Waals surface area contributed by atoms with Gasteiger partial charge in [0.05, 0.1) is 18.0 Å². The largest absolute Gasteiger partial charge is 0.491 e. The predicted molar refractivity (Wildman–Crippen MR) is 119 cm³/mol. The van der Waals surface area contributed by atoms with E-state index in [1.807, 2.05) is 0 Å². The molecule has 0 bridgehead atoms. The monoisotopic (exact) mass is 460 g/mol. The summed E-state index contributed by atoms with van der Waals surface area (Å²) in [7, 11) is -0.271. The van der Waals surface area contributed by atoms with Crippen LogP contribution in [0.1, 0.15) is 6.92 Å². The van der Waals surface area contributed by atoms with Crippen molar-refractivity contribution in [3.63, 3.8) is 0 Å². The summed E-state index contributed by atoms with van der Waals surface area (Å²) in [6.45, 7) is 1.96. The molecule has 0 atom stereocenters. The number of hydrogen-bond donors (Lipinski definition) is 2. The first-order valence-electron chi connectivity index (χ1n) is 9.54. The van der Waals surface area contributed by atoms with Crippen molar-refractivity contribution in [1.29, 1.82) is 0 Å². The normalized spacial score (nSPS) is 11.2. The predicted octanol–water partition coefficient (Wildman–Crippen LogP) is 2.01. The van der Waals surface area contributed by atoms with Crippen LogP contribution in [0.15, 0.2) is 41.7 Å². The van der Waals surface area contributed by atoms with E-state index in [4.69, 9.17) is 9.47 Å². The number of nitrogens with one attached hydrogen (secondary N) is 2. The Bertz CT molecular complexity index is 1220. The van der Waals surface area contributed by atoms with Crippen LogP contribution in [0.5, 0.6) is 5.75 Å². The lowest BCUT2D eigenvalue weighted by atomic mass is 10.1. The average molecular weight is 461 g/mol. The van der Waals surface area contributed by atoms with Crippen LogP contribution in [0.4, 0.5) is 17.3 Å². The fourth-order valence-corrected chi connectivity index (χ4v) is 3.36. The van der Waals surface area contributed by atoms with E-state index in [2.05, 4.69) is 25.7 Å². The summed E-state index contributed by atoms with van der Waals surface area (Å²) in [6, 6.07) is 6.35. The average Bonchev–Trinajstić information content (AvgIpc) is 3.13. The van der Waals surface area contributed by atoms with Crippen molar-refractivity contribution in [3.8, 4) is 17.0 Å². The molecule has 1 amide bonds. The second kappa shape index (κ2) is 9.75. The number of nitrogens with zero attached hydrogens (tertiary/aromatic N) is 4. The van der Waals surface area contributed by atoms with Crippen LogP contribution in [0, 0.1) is 0 Å². The second-order valence-corrected chi connectivity index (χ2v) is 8.90. The van der Waals surface area contributed by atoms with Crippen molar-refractivity contribution < 1.29 is 22.7 Å². The molecule has 0 aliphatic carbocycles. The number of hydrogen-bond acceptors (Lipinski definition) is 9. The maximum atomic E-state index is 12.1. The summed E-state index contributed by atoms with van der Waals surface area (Å²) in [5, 5.41) is 9.98. The number of ether oxygens (including phenoxy) is 2. The molecule has 3 heterocycles. The van der Waals surface area contributed by atoms with Gasteiger partial charge in [-0.3, -0.25) is 9.48 Å². The molecule has 170 valence electrons. The highest BCUT2D eigenvalue weighted by Gasteiger charge is 2.16. The fourth-order valence-electron chi connectivity index (χ4n) is 2.77. The van der Waals surface area contributed by atoms with Crippen molar-refractivity contribution in [2.45, 2.75) is 11.9 Å². The summed E-state index contributed by atoms with van der Waals surface area (Å²) in [6.07, 6.45) is 4.41. The molecule has 3 aromatic rings. The van der Waals surface area contributed by atoms with E-state index >= 15 is 0 Å². The molecule has 0 fully saturated rings. The van der Waals surface area contributed by atoms with Crippen molar-refractivity contribution in [2.75, 3.05) is 37.2 Å². The van der Waals surface area contributed by atoms with Gasteiger partial charge in [-0.05, 0) is 6.07 Å². The lowest BCUT2D eigenvalue weighted by Gasteiger charge is -2.14. The minimum atomic E-state index is -3.60. The number of aryl methyl sites for hydroxylation is 1. The molecule has 0 spiro atoms. The lowest BCUT2D eigenvalue weighted by molar-refractivity contribution is -0.114. The zero-order valence-corrected chi connectivity index (χ0v) is 18.9. The van der Waals surface area contributed by atoms with Crippen LogP contribution in [0.3, 0.4) is 0 Å². The second-order valence-electron chi connectivity index (χ2n) is 6.94. The van der Waals surface area contributed by atoms with Crippen LogP contribution in [0.25, 0.3) is 11.3 Å². The molecular formula is C20H24N6O5S. The zero-order valence-electron chi connectivity index (χ0n) is 18.1. The summed E-state index contributed by atoms with van der Waals surface area (Å²) < 4.78 is 36.5. The number of carbonyl (C=O) groups excluding carboxylic acids is 1. The van der Waals surface area contributed by atoms with Gasteiger partial charge in [-0.2, -0.15) is 5.10 Å². The molecule has 2 N–H and O–H groups in total. The van der Waals surface area contributed by atoms with Crippen molar-refractivity contribution in [1.82, 2.24) is 19.7 Å². The summed E-state index contributed by atoms with van der Waals surface area (Å²) in [5.41, 5.74) is 1.78. The Morgan fingerprint density at radius 2 is 1.97 bits per heavy atom. The standard InChI is InChI=1S/C20H24N6O5S/c1-13(27)22-18-11-17(15(12-21-18)16-5-6-26(2)25-16)23-19-9-14(31-8-7-30-3)10-20(24-19)32(4,28)29/h5-6,9-12H,7-8H2,1-4H3,(H2,21,22,23,24,27). The summed E-state index contributed by atoms with van der Waals surface area (Å²) in [5.74, 6) is 0.587. The molecule has 12 heteroatoms. The van der Waals surface area contributed by atoms with Gasteiger partial charge in [0.15, 0.2) is 14.9 Å². The molecular weight excluding hydrogens is 436 g/mol. The molecule has 32 heavy (non-hydrogen) atoms. The highest BCUT2D eigenvalue weighted by Crippen LogP contribution is 2.31. The smallest absolute Gasteiger partial charge is 0.222 e. The number of methoxy groups -OCH3 is 1. The third-order valence-electron chi connectivity index (χ3n) is 4.17. The summed E-state index contributed by atoms with van der Waals surface area (Å²) >= 11 is 0. The first-order chi connectivity index (χ1) is 15.2. The number of rotatable bonds is 9. The van der Waals surface area contributed by atoms with Gasteiger partial charge >= 0.3 is 0 Å². The Labute approximate surface area is 185 Å². The summed E-state index contributed by atoms with van der Waals surface area (Å²) in [4.78, 5) is 19.9. The number of sulfone groups is 1. The highest BCUT2D eigenvalue weighted by molar-refractivity contribution is 7.90. The van der Waals surface area contributed by atoms with E-state index in [1.54, 1.807) is 49.4 Å². The molecule has 0 saturated carbocycles. The van der Waals surface area contributed by atoms with Crippen molar-refractivity contribution >= 4 is 33.1 Å². The topological polar surface area (TPSA) is 137 Å². The molecule has 0 saturated heterocycles. The van der Waals surface area contributed by atoms with Crippen LogP contribution in [0.2, 0.25) is 0 Å². The third-order valence-corrected chi connectivity index (χ3v) is 5.14. The Morgan fingerprint density at radius 1 is 1.19 bits per heavy atom. The molecule has 0 unspecified atom stereocenters. The lowest BCUT2D eigenvalue weighted by Crippen LogP contribution is -2.09. The van der Waals surface area contributed by atoms with Crippen molar-refractivity contribution in [3.05, 3.63) is 36.7 Å². The van der Waals surface area contributed by atoms with Gasteiger partial charge in [-0.15, -0.1) is 0 Å². The van der Waals surface area contributed by atoms with Gasteiger partial charge in [-0.25, -0.2) is 18.4 Å². The minimum absolute atomic E-state index is 0.148. The maximum absolute atomic E-state index is 12.1. The van der Waals surface area contributed by atoms with E-state index in [-0.39, 0.29) is 23.4 Å². The van der Waals surface area contributed by atoms with E-state index < -0.39 is 9.84 Å². The Morgan fingerprint density at radius 3 is 2.59 bits per heavy atom. The Balaban J connectivity index is 2.05. The quantitative estimate of drug-likeness (QED) is 0.459. The van der Waals surface area contributed by atoms with Gasteiger partial charge in [0.2, 0.25) is 5.91 Å². The zero-order chi connectivity index (χ0) is 23.3. The van der Waals surface area contributed by atoms with Gasteiger partial charge in [0.25, 0.3) is 0 Å². The van der Waals surface area contributed by atoms with Gasteiger partial charge in [0, 0.05) is 63.5 Å². The Kier molecular flexibility index (Phi) is 7.05. The van der Waals surface area contributed by atoms with E-state index in [0.717, 1.165) is 6.26 Å².